The maximum atomic E-state index is 4.37. The summed E-state index contributed by atoms with van der Waals surface area (Å²) < 4.78 is 0.341. The van der Waals surface area contributed by atoms with Crippen LogP contribution in [-0.2, 0) is 4.75 Å². The van der Waals surface area contributed by atoms with E-state index < -0.39 is 0 Å². The monoisotopic (exact) mass is 185 g/mol. The summed E-state index contributed by atoms with van der Waals surface area (Å²) >= 11 is 3.84. The van der Waals surface area contributed by atoms with Crippen LogP contribution in [0.25, 0.3) is 0 Å². The summed E-state index contributed by atoms with van der Waals surface area (Å²) in [6.45, 7) is 2.31. The summed E-state index contributed by atoms with van der Waals surface area (Å²) in [6, 6.07) is 0. The zero-order chi connectivity index (χ0) is 7.73. The average Bonchev–Trinajstić information content (AvgIpc) is 2.55. The van der Waals surface area contributed by atoms with Crippen LogP contribution >= 0.6 is 23.1 Å². The van der Waals surface area contributed by atoms with Crippen LogP contribution in [0.2, 0.25) is 0 Å². The summed E-state index contributed by atoms with van der Waals surface area (Å²) in [5, 5.41) is 3.37. The maximum Gasteiger partial charge on any atom is 0.108 e. The van der Waals surface area contributed by atoms with E-state index in [1.165, 1.54) is 23.6 Å². The zero-order valence-corrected chi connectivity index (χ0v) is 8.17. The van der Waals surface area contributed by atoms with Gasteiger partial charge in [-0.05, 0) is 25.5 Å². The molecule has 0 bridgehead atoms. The van der Waals surface area contributed by atoms with Gasteiger partial charge in [0.1, 0.15) is 5.01 Å². The molecule has 1 nitrogen and oxygen atoms in total. The van der Waals surface area contributed by atoms with Crippen LogP contribution in [0, 0.1) is 0 Å². The van der Waals surface area contributed by atoms with Crippen LogP contribution in [0.15, 0.2) is 11.6 Å². The zero-order valence-electron chi connectivity index (χ0n) is 6.54. The van der Waals surface area contributed by atoms with Crippen molar-refractivity contribution in [1.29, 1.82) is 0 Å². The Bertz CT molecular complexity index is 224. The average molecular weight is 185 g/mol. The van der Waals surface area contributed by atoms with Gasteiger partial charge in [-0.25, -0.2) is 4.98 Å². The molecule has 11 heavy (non-hydrogen) atoms. The Labute approximate surface area is 75.2 Å². The third kappa shape index (κ3) is 1.32. The van der Waals surface area contributed by atoms with Gasteiger partial charge in [-0.1, -0.05) is 0 Å². The predicted molar refractivity (Wildman–Crippen MR) is 51.2 cm³/mol. The largest absolute Gasteiger partial charge is 0.248 e. The third-order valence-corrected chi connectivity index (χ3v) is 4.80. The van der Waals surface area contributed by atoms with Gasteiger partial charge in [-0.3, -0.25) is 0 Å². The summed E-state index contributed by atoms with van der Waals surface area (Å²) in [4.78, 5) is 4.37. The lowest BCUT2D eigenvalue weighted by molar-refractivity contribution is 0.642. The topological polar surface area (TPSA) is 12.9 Å². The van der Waals surface area contributed by atoms with E-state index in [0.29, 0.717) is 4.75 Å². The third-order valence-electron chi connectivity index (χ3n) is 2.10. The second kappa shape index (κ2) is 2.79. The molecule has 0 spiro atoms. The van der Waals surface area contributed by atoms with Gasteiger partial charge in [0.25, 0.3) is 0 Å². The number of rotatable bonds is 1. The van der Waals surface area contributed by atoms with Crippen molar-refractivity contribution in [2.45, 2.75) is 24.5 Å². The van der Waals surface area contributed by atoms with E-state index in [0.717, 1.165) is 0 Å². The second-order valence-corrected chi connectivity index (χ2v) is 5.51. The fourth-order valence-electron chi connectivity index (χ4n) is 1.43. The Kier molecular flexibility index (Phi) is 1.93. The molecule has 1 aromatic heterocycles. The fourth-order valence-corrected chi connectivity index (χ4v) is 3.68. The Balaban J connectivity index is 2.27. The number of hydrogen-bond donors (Lipinski definition) is 0. The molecule has 60 valence electrons. The van der Waals surface area contributed by atoms with E-state index in [1.54, 1.807) is 11.3 Å². The molecule has 0 saturated carbocycles. The normalized spacial score (nSPS) is 31.0. The summed E-state index contributed by atoms with van der Waals surface area (Å²) in [5.74, 6) is 1.30. The Hall–Kier alpha value is -0.0200. The Morgan fingerprint density at radius 1 is 1.64 bits per heavy atom. The van der Waals surface area contributed by atoms with Crippen molar-refractivity contribution in [3.63, 3.8) is 0 Å². The standard InChI is InChI=1S/C8H11NS2/c1-8(3-2-5-11-8)7-9-4-6-10-7/h4,6H,2-3,5H2,1H3. The van der Waals surface area contributed by atoms with Crippen LogP contribution in [0.4, 0.5) is 0 Å². The molecular weight excluding hydrogens is 174 g/mol. The number of thioether (sulfide) groups is 1. The van der Waals surface area contributed by atoms with Gasteiger partial charge in [-0.15, -0.1) is 23.1 Å². The lowest BCUT2D eigenvalue weighted by atomic mass is 10.1. The van der Waals surface area contributed by atoms with Gasteiger partial charge >= 0.3 is 0 Å². The SMILES string of the molecule is CC1(c2nccs2)CCCS1. The van der Waals surface area contributed by atoms with Crippen molar-refractivity contribution in [2.75, 3.05) is 5.75 Å². The number of aromatic nitrogens is 1. The van der Waals surface area contributed by atoms with Crippen molar-refractivity contribution in [1.82, 2.24) is 4.98 Å². The van der Waals surface area contributed by atoms with Crippen molar-refractivity contribution < 1.29 is 0 Å². The molecule has 1 fully saturated rings. The smallest absolute Gasteiger partial charge is 0.108 e. The first-order valence-electron chi connectivity index (χ1n) is 3.85. The molecule has 2 heterocycles. The molecule has 1 saturated heterocycles. The van der Waals surface area contributed by atoms with E-state index in [4.69, 9.17) is 0 Å². The lowest BCUT2D eigenvalue weighted by Crippen LogP contribution is -2.11. The molecule has 1 unspecified atom stereocenters. The van der Waals surface area contributed by atoms with E-state index >= 15 is 0 Å². The molecular formula is C8H11NS2. The van der Waals surface area contributed by atoms with Crippen LogP contribution in [-0.4, -0.2) is 10.7 Å². The van der Waals surface area contributed by atoms with Crippen molar-refractivity contribution in [3.8, 4) is 0 Å². The molecule has 3 heteroatoms. The highest BCUT2D eigenvalue weighted by Crippen LogP contribution is 2.46. The van der Waals surface area contributed by atoms with E-state index in [9.17, 15) is 0 Å². The van der Waals surface area contributed by atoms with Crippen LogP contribution in [0.3, 0.4) is 0 Å². The quantitative estimate of drug-likeness (QED) is 0.667. The molecule has 0 aliphatic carbocycles. The summed E-state index contributed by atoms with van der Waals surface area (Å²) in [6.07, 6.45) is 4.55. The van der Waals surface area contributed by atoms with Gasteiger partial charge in [0.05, 0.1) is 4.75 Å². The number of hydrogen-bond acceptors (Lipinski definition) is 3. The predicted octanol–water partition coefficient (Wildman–Crippen LogP) is 2.89. The van der Waals surface area contributed by atoms with E-state index in [2.05, 4.69) is 29.0 Å². The molecule has 1 aliphatic heterocycles. The van der Waals surface area contributed by atoms with E-state index in [1.807, 2.05) is 6.20 Å². The van der Waals surface area contributed by atoms with Crippen LogP contribution in [0.5, 0.6) is 0 Å². The Morgan fingerprint density at radius 3 is 3.09 bits per heavy atom. The van der Waals surface area contributed by atoms with Gasteiger partial charge in [-0.2, -0.15) is 0 Å². The molecule has 1 aromatic rings. The van der Waals surface area contributed by atoms with Gasteiger partial charge in [0.2, 0.25) is 0 Å². The highest BCUT2D eigenvalue weighted by Gasteiger charge is 2.33. The highest BCUT2D eigenvalue weighted by molar-refractivity contribution is 8.00. The molecule has 1 atom stereocenters. The summed E-state index contributed by atoms with van der Waals surface area (Å²) in [7, 11) is 0. The Morgan fingerprint density at radius 2 is 2.55 bits per heavy atom. The molecule has 0 N–H and O–H groups in total. The maximum absolute atomic E-state index is 4.37. The van der Waals surface area contributed by atoms with Crippen molar-refractivity contribution >= 4 is 23.1 Å². The van der Waals surface area contributed by atoms with Crippen LogP contribution < -0.4 is 0 Å². The first kappa shape index (κ1) is 7.62. The fraction of sp³-hybridized carbons (Fsp3) is 0.625. The van der Waals surface area contributed by atoms with Gasteiger partial charge in [0, 0.05) is 11.6 Å². The first-order valence-corrected chi connectivity index (χ1v) is 5.72. The molecule has 1 aliphatic rings. The lowest BCUT2D eigenvalue weighted by Gasteiger charge is -2.18. The number of nitrogens with zero attached hydrogens (tertiary/aromatic N) is 1. The van der Waals surface area contributed by atoms with E-state index in [-0.39, 0.29) is 0 Å². The van der Waals surface area contributed by atoms with Crippen LogP contribution in [0.1, 0.15) is 24.8 Å². The van der Waals surface area contributed by atoms with Gasteiger partial charge in [0.15, 0.2) is 0 Å². The van der Waals surface area contributed by atoms with Crippen molar-refractivity contribution in [3.05, 3.63) is 16.6 Å². The van der Waals surface area contributed by atoms with Crippen molar-refractivity contribution in [2.24, 2.45) is 0 Å². The molecule has 0 aromatic carbocycles. The minimum atomic E-state index is 0.341. The molecule has 0 amide bonds. The second-order valence-electron chi connectivity index (χ2n) is 3.02. The minimum Gasteiger partial charge on any atom is -0.248 e. The molecule has 0 radical (unpaired) electrons. The minimum absolute atomic E-state index is 0.341. The highest BCUT2D eigenvalue weighted by atomic mass is 32.2. The first-order chi connectivity index (χ1) is 5.31. The summed E-state index contributed by atoms with van der Waals surface area (Å²) in [5.41, 5.74) is 0. The van der Waals surface area contributed by atoms with Gasteiger partial charge < -0.3 is 0 Å². The number of thiazole rings is 1. The molecule has 2 rings (SSSR count).